The number of hydrogen-bond donors (Lipinski definition) is 0. The fourth-order valence-electron chi connectivity index (χ4n) is 2.27. The van der Waals surface area contributed by atoms with E-state index in [0.29, 0.717) is 23.2 Å². The molecule has 0 unspecified atom stereocenters. The van der Waals surface area contributed by atoms with Gasteiger partial charge in [-0.05, 0) is 43.7 Å². The molecule has 1 aromatic heterocycles. The Morgan fingerprint density at radius 1 is 1.00 bits per heavy atom. The molecule has 26 heavy (non-hydrogen) atoms. The van der Waals surface area contributed by atoms with Crippen LogP contribution >= 0.6 is 11.8 Å². The molecular weight excluding hydrogens is 354 g/mol. The Morgan fingerprint density at radius 3 is 2.50 bits per heavy atom. The van der Waals surface area contributed by atoms with Crippen molar-refractivity contribution in [3.63, 3.8) is 0 Å². The molecule has 6 heteroatoms. The highest BCUT2D eigenvalue weighted by Gasteiger charge is 2.10. The van der Waals surface area contributed by atoms with Gasteiger partial charge in [0, 0.05) is 23.1 Å². The van der Waals surface area contributed by atoms with Crippen LogP contribution in [-0.2, 0) is 12.2 Å². The van der Waals surface area contributed by atoms with E-state index in [9.17, 15) is 8.78 Å². The van der Waals surface area contributed by atoms with Gasteiger partial charge < -0.3 is 4.74 Å². The third-order valence-corrected chi connectivity index (χ3v) is 4.60. The zero-order valence-corrected chi connectivity index (χ0v) is 15.3. The van der Waals surface area contributed by atoms with Crippen LogP contribution in [0.2, 0.25) is 0 Å². The Bertz CT molecular complexity index is 901. The lowest BCUT2D eigenvalue weighted by atomic mass is 10.2. The number of aryl methyl sites for hydroxylation is 2. The number of thioether (sulfide) groups is 1. The van der Waals surface area contributed by atoms with E-state index in [2.05, 4.69) is 9.97 Å². The number of ether oxygens (including phenoxy) is 1. The topological polar surface area (TPSA) is 35.0 Å². The highest BCUT2D eigenvalue weighted by atomic mass is 32.2. The van der Waals surface area contributed by atoms with E-state index in [-0.39, 0.29) is 11.3 Å². The van der Waals surface area contributed by atoms with Crippen LogP contribution in [0, 0.1) is 18.6 Å². The van der Waals surface area contributed by atoms with Crippen molar-refractivity contribution in [1.82, 2.24) is 9.97 Å². The van der Waals surface area contributed by atoms with Crippen molar-refractivity contribution in [2.24, 2.45) is 0 Å². The molecule has 0 bridgehead atoms. The van der Waals surface area contributed by atoms with Gasteiger partial charge in [0.15, 0.2) is 5.16 Å². The lowest BCUT2D eigenvalue weighted by molar-refractivity contribution is 0.454. The zero-order valence-electron chi connectivity index (χ0n) is 14.5. The Balaban J connectivity index is 1.78. The fourth-order valence-corrected chi connectivity index (χ4v) is 3.11. The second kappa shape index (κ2) is 8.27. The SMILES string of the molecule is CCc1cc(Oc2ccc(C)cc2)nc(SCc2cc(F)ccc2F)n1. The highest BCUT2D eigenvalue weighted by Crippen LogP contribution is 2.26. The molecule has 0 N–H and O–H groups in total. The third kappa shape index (κ3) is 4.79. The highest BCUT2D eigenvalue weighted by molar-refractivity contribution is 7.98. The number of aromatic nitrogens is 2. The van der Waals surface area contributed by atoms with Crippen molar-refractivity contribution in [2.75, 3.05) is 0 Å². The van der Waals surface area contributed by atoms with Gasteiger partial charge in [-0.25, -0.2) is 13.8 Å². The minimum Gasteiger partial charge on any atom is -0.439 e. The average Bonchev–Trinajstić information content (AvgIpc) is 2.64. The molecule has 0 aliphatic heterocycles. The van der Waals surface area contributed by atoms with E-state index in [1.54, 1.807) is 6.07 Å². The van der Waals surface area contributed by atoms with Gasteiger partial charge in [0.05, 0.1) is 0 Å². The number of rotatable bonds is 6. The van der Waals surface area contributed by atoms with Crippen molar-refractivity contribution in [2.45, 2.75) is 31.2 Å². The number of hydrogen-bond acceptors (Lipinski definition) is 4. The van der Waals surface area contributed by atoms with Crippen LogP contribution in [0.1, 0.15) is 23.7 Å². The minimum absolute atomic E-state index is 0.237. The van der Waals surface area contributed by atoms with Crippen molar-refractivity contribution < 1.29 is 13.5 Å². The van der Waals surface area contributed by atoms with Gasteiger partial charge in [-0.3, -0.25) is 0 Å². The molecule has 2 aromatic carbocycles. The average molecular weight is 372 g/mol. The smallest absolute Gasteiger partial charge is 0.223 e. The first kappa shape index (κ1) is 18.3. The largest absolute Gasteiger partial charge is 0.439 e. The molecule has 0 saturated carbocycles. The van der Waals surface area contributed by atoms with Crippen molar-refractivity contribution >= 4 is 11.8 Å². The molecule has 0 radical (unpaired) electrons. The predicted octanol–water partition coefficient (Wildman–Crippen LogP) is 5.71. The fraction of sp³-hybridized carbons (Fsp3) is 0.200. The molecule has 0 saturated heterocycles. The van der Waals surface area contributed by atoms with E-state index < -0.39 is 11.6 Å². The molecule has 3 rings (SSSR count). The molecule has 0 amide bonds. The van der Waals surface area contributed by atoms with Crippen LogP contribution in [0.25, 0.3) is 0 Å². The molecule has 3 aromatic rings. The number of nitrogens with zero attached hydrogens (tertiary/aromatic N) is 2. The quantitative estimate of drug-likeness (QED) is 0.410. The summed E-state index contributed by atoms with van der Waals surface area (Å²) in [7, 11) is 0. The first-order valence-electron chi connectivity index (χ1n) is 8.22. The standard InChI is InChI=1S/C20H18F2N2OS/c1-3-16-11-19(25-17-7-4-13(2)5-8-17)24-20(23-16)26-12-14-10-15(21)6-9-18(14)22/h4-11H,3,12H2,1-2H3. The van der Waals surface area contributed by atoms with Crippen LogP contribution < -0.4 is 4.74 Å². The van der Waals surface area contributed by atoms with Gasteiger partial charge in [0.2, 0.25) is 5.88 Å². The summed E-state index contributed by atoms with van der Waals surface area (Å²) in [6.07, 6.45) is 0.717. The Kier molecular flexibility index (Phi) is 5.83. The summed E-state index contributed by atoms with van der Waals surface area (Å²) in [5.41, 5.74) is 2.24. The molecule has 0 aliphatic carbocycles. The van der Waals surface area contributed by atoms with Crippen molar-refractivity contribution in [3.8, 4) is 11.6 Å². The lowest BCUT2D eigenvalue weighted by Crippen LogP contribution is -1.98. The van der Waals surface area contributed by atoms with Gasteiger partial charge >= 0.3 is 0 Å². The van der Waals surface area contributed by atoms with Gasteiger partial charge in [0.25, 0.3) is 0 Å². The Hall–Kier alpha value is -2.47. The third-order valence-electron chi connectivity index (χ3n) is 3.71. The molecule has 134 valence electrons. The predicted molar refractivity (Wildman–Crippen MR) is 98.6 cm³/mol. The van der Waals surface area contributed by atoms with Crippen LogP contribution in [0.5, 0.6) is 11.6 Å². The molecule has 0 atom stereocenters. The van der Waals surface area contributed by atoms with E-state index in [4.69, 9.17) is 4.74 Å². The van der Waals surface area contributed by atoms with Crippen molar-refractivity contribution in [1.29, 1.82) is 0 Å². The van der Waals surface area contributed by atoms with Crippen molar-refractivity contribution in [3.05, 3.63) is 77.0 Å². The first-order chi connectivity index (χ1) is 12.5. The van der Waals surface area contributed by atoms with Crippen LogP contribution in [0.3, 0.4) is 0 Å². The first-order valence-corrected chi connectivity index (χ1v) is 9.21. The van der Waals surface area contributed by atoms with E-state index >= 15 is 0 Å². The lowest BCUT2D eigenvalue weighted by Gasteiger charge is -2.09. The summed E-state index contributed by atoms with van der Waals surface area (Å²) in [6, 6.07) is 12.9. The molecule has 3 nitrogen and oxygen atoms in total. The van der Waals surface area contributed by atoms with Gasteiger partial charge in [-0.1, -0.05) is 36.4 Å². The number of benzene rings is 2. The Morgan fingerprint density at radius 2 is 1.77 bits per heavy atom. The summed E-state index contributed by atoms with van der Waals surface area (Å²) in [5, 5.41) is 0.468. The molecule has 0 fully saturated rings. The maximum atomic E-state index is 13.8. The summed E-state index contributed by atoms with van der Waals surface area (Å²) in [5.74, 6) is 0.447. The van der Waals surface area contributed by atoms with E-state index in [1.807, 2.05) is 38.1 Å². The Labute approximate surface area is 155 Å². The van der Waals surface area contributed by atoms with Gasteiger partial charge in [-0.2, -0.15) is 4.98 Å². The van der Waals surface area contributed by atoms with Crippen LogP contribution in [0.15, 0.2) is 53.7 Å². The normalized spacial score (nSPS) is 10.8. The molecular formula is C20H18F2N2OS. The van der Waals surface area contributed by atoms with Crippen LogP contribution in [-0.4, -0.2) is 9.97 Å². The summed E-state index contributed by atoms with van der Waals surface area (Å²) in [6.45, 7) is 3.99. The summed E-state index contributed by atoms with van der Waals surface area (Å²) in [4.78, 5) is 8.81. The molecule has 0 spiro atoms. The van der Waals surface area contributed by atoms with E-state index in [1.165, 1.54) is 17.8 Å². The van der Waals surface area contributed by atoms with Gasteiger partial charge in [0.1, 0.15) is 17.4 Å². The minimum atomic E-state index is -0.464. The maximum absolute atomic E-state index is 13.8. The summed E-state index contributed by atoms with van der Waals surface area (Å²) >= 11 is 1.24. The molecule has 0 aliphatic rings. The maximum Gasteiger partial charge on any atom is 0.223 e. The second-order valence-electron chi connectivity index (χ2n) is 5.77. The summed E-state index contributed by atoms with van der Waals surface area (Å²) < 4.78 is 32.9. The molecule has 1 heterocycles. The monoisotopic (exact) mass is 372 g/mol. The second-order valence-corrected chi connectivity index (χ2v) is 6.72. The number of halogens is 2. The van der Waals surface area contributed by atoms with Crippen LogP contribution in [0.4, 0.5) is 8.78 Å². The van der Waals surface area contributed by atoms with E-state index in [0.717, 1.165) is 23.4 Å². The zero-order chi connectivity index (χ0) is 18.5. The van der Waals surface area contributed by atoms with Gasteiger partial charge in [-0.15, -0.1) is 0 Å².